The Hall–Kier alpha value is -0.150. The molecule has 3 heteroatoms. The van der Waals surface area contributed by atoms with E-state index in [1.54, 1.807) is 12.1 Å². The first-order chi connectivity index (χ1) is 5.02. The van der Waals surface area contributed by atoms with Crippen LogP contribution in [0.3, 0.4) is 0 Å². The van der Waals surface area contributed by atoms with Crippen LogP contribution in [0, 0.1) is 5.82 Å². The number of benzene rings is 1. The Kier molecular flexibility index (Phi) is 2.50. The summed E-state index contributed by atoms with van der Waals surface area (Å²) in [6.07, 6.45) is 3.91. The second-order valence-electron chi connectivity index (χ2n) is 2.70. The summed E-state index contributed by atoms with van der Waals surface area (Å²) in [7, 11) is -1.21. The van der Waals surface area contributed by atoms with Gasteiger partial charge in [-0.1, -0.05) is 12.1 Å². The van der Waals surface area contributed by atoms with E-state index in [-0.39, 0.29) is 5.82 Å². The van der Waals surface area contributed by atoms with Gasteiger partial charge in [0.05, 0.1) is 0 Å². The van der Waals surface area contributed by atoms with E-state index in [1.165, 1.54) is 6.07 Å². The van der Waals surface area contributed by atoms with Crippen molar-refractivity contribution in [3.8, 4) is 0 Å². The minimum atomic E-state index is -1.21. The Labute approximate surface area is 72.9 Å². The molecule has 62 valence electrons. The summed E-state index contributed by atoms with van der Waals surface area (Å²) in [4.78, 5) is 0.725. The highest BCUT2D eigenvalue weighted by molar-refractivity contribution is 8.87. The highest BCUT2D eigenvalue weighted by atomic mass is 33.1. The SMILES string of the molecule is CS(C)(S)c1ccccc1F. The van der Waals surface area contributed by atoms with Gasteiger partial charge in [-0.2, -0.15) is 9.06 Å². The first kappa shape index (κ1) is 8.94. The number of halogens is 1. The summed E-state index contributed by atoms with van der Waals surface area (Å²) >= 11 is 4.36. The number of hydrogen-bond donors (Lipinski definition) is 1. The molecule has 1 aromatic rings. The van der Waals surface area contributed by atoms with Crippen LogP contribution in [0.5, 0.6) is 0 Å². The molecule has 11 heavy (non-hydrogen) atoms. The molecule has 0 saturated heterocycles. The topological polar surface area (TPSA) is 0 Å². The summed E-state index contributed by atoms with van der Waals surface area (Å²) in [5.41, 5.74) is 0. The molecule has 0 saturated carbocycles. The predicted octanol–water partition coefficient (Wildman–Crippen LogP) is 3.09. The third-order valence-corrected chi connectivity index (χ3v) is 3.37. The molecule has 0 spiro atoms. The van der Waals surface area contributed by atoms with Crippen molar-refractivity contribution in [2.24, 2.45) is 0 Å². The second-order valence-corrected chi connectivity index (χ2v) is 8.43. The summed E-state index contributed by atoms with van der Waals surface area (Å²) in [5, 5.41) is 0. The second kappa shape index (κ2) is 3.07. The van der Waals surface area contributed by atoms with Crippen molar-refractivity contribution < 1.29 is 4.39 Å². The van der Waals surface area contributed by atoms with Gasteiger partial charge in [-0.15, -0.1) is 11.7 Å². The van der Waals surface area contributed by atoms with Crippen LogP contribution in [0.4, 0.5) is 4.39 Å². The van der Waals surface area contributed by atoms with E-state index in [1.807, 2.05) is 18.6 Å². The molecule has 1 rings (SSSR count). The van der Waals surface area contributed by atoms with Crippen LogP contribution >= 0.6 is 20.7 Å². The van der Waals surface area contributed by atoms with Crippen LogP contribution in [0.25, 0.3) is 0 Å². The van der Waals surface area contributed by atoms with Gasteiger partial charge in [0.25, 0.3) is 0 Å². The molecule has 0 unspecified atom stereocenters. The van der Waals surface area contributed by atoms with Crippen LogP contribution in [0.2, 0.25) is 0 Å². The van der Waals surface area contributed by atoms with Crippen molar-refractivity contribution >= 4 is 20.7 Å². The first-order valence-electron chi connectivity index (χ1n) is 3.22. The van der Waals surface area contributed by atoms with Crippen LogP contribution in [-0.4, -0.2) is 12.5 Å². The first-order valence-corrected chi connectivity index (χ1v) is 6.72. The average molecular weight is 190 g/mol. The van der Waals surface area contributed by atoms with Gasteiger partial charge >= 0.3 is 0 Å². The van der Waals surface area contributed by atoms with Gasteiger partial charge < -0.3 is 0 Å². The van der Waals surface area contributed by atoms with Gasteiger partial charge in [-0.05, 0) is 24.6 Å². The van der Waals surface area contributed by atoms with Crippen LogP contribution in [0.1, 0.15) is 0 Å². The van der Waals surface area contributed by atoms with Gasteiger partial charge in [0, 0.05) is 4.90 Å². The summed E-state index contributed by atoms with van der Waals surface area (Å²) in [5.74, 6) is -0.150. The third kappa shape index (κ3) is 2.14. The molecule has 1 aromatic carbocycles. The summed E-state index contributed by atoms with van der Waals surface area (Å²) in [6, 6.07) is 6.79. The lowest BCUT2D eigenvalue weighted by atomic mass is 10.3. The standard InChI is InChI=1S/C8H11FS2/c1-11(2,10)8-6-4-3-5-7(8)9/h3-6,10H,1-2H3. The van der Waals surface area contributed by atoms with Crippen molar-refractivity contribution in [2.45, 2.75) is 4.90 Å². The fourth-order valence-corrected chi connectivity index (χ4v) is 2.25. The van der Waals surface area contributed by atoms with E-state index < -0.39 is 9.06 Å². The van der Waals surface area contributed by atoms with E-state index in [2.05, 4.69) is 11.7 Å². The Morgan fingerprint density at radius 2 is 1.82 bits per heavy atom. The van der Waals surface area contributed by atoms with Gasteiger partial charge in [-0.3, -0.25) is 0 Å². The molecular weight excluding hydrogens is 179 g/mol. The van der Waals surface area contributed by atoms with Gasteiger partial charge in [0.2, 0.25) is 0 Å². The molecule has 0 atom stereocenters. The van der Waals surface area contributed by atoms with E-state index in [4.69, 9.17) is 0 Å². The van der Waals surface area contributed by atoms with Crippen molar-refractivity contribution in [3.63, 3.8) is 0 Å². The van der Waals surface area contributed by atoms with Gasteiger partial charge in [0.15, 0.2) is 0 Å². The van der Waals surface area contributed by atoms with Crippen molar-refractivity contribution in [2.75, 3.05) is 12.5 Å². The largest absolute Gasteiger partial charge is 0.206 e. The highest BCUT2D eigenvalue weighted by Gasteiger charge is 2.12. The number of thiol groups is 1. The monoisotopic (exact) mass is 190 g/mol. The van der Waals surface area contributed by atoms with Crippen molar-refractivity contribution in [1.29, 1.82) is 0 Å². The zero-order valence-electron chi connectivity index (χ0n) is 6.54. The van der Waals surface area contributed by atoms with E-state index in [0.29, 0.717) is 0 Å². The zero-order valence-corrected chi connectivity index (χ0v) is 8.25. The lowest BCUT2D eigenvalue weighted by Crippen LogP contribution is -1.90. The minimum absolute atomic E-state index is 0.150. The maximum Gasteiger partial charge on any atom is 0.135 e. The van der Waals surface area contributed by atoms with Crippen molar-refractivity contribution in [1.82, 2.24) is 0 Å². The maximum atomic E-state index is 13.1. The average Bonchev–Trinajstić information content (AvgIpc) is 1.86. The fourth-order valence-electron chi connectivity index (χ4n) is 0.850. The molecule has 0 nitrogen and oxygen atoms in total. The van der Waals surface area contributed by atoms with Crippen LogP contribution in [-0.2, 0) is 0 Å². The molecule has 0 bridgehead atoms. The number of rotatable bonds is 1. The molecule has 0 amide bonds. The molecule has 0 aliphatic heterocycles. The lowest BCUT2D eigenvalue weighted by Gasteiger charge is -2.24. The molecule has 0 heterocycles. The third-order valence-electron chi connectivity index (χ3n) is 1.37. The maximum absolute atomic E-state index is 13.1. The molecule has 0 aliphatic rings. The minimum Gasteiger partial charge on any atom is -0.206 e. The molecule has 0 N–H and O–H groups in total. The highest BCUT2D eigenvalue weighted by Crippen LogP contribution is 2.53. The molecule has 0 aliphatic carbocycles. The number of hydrogen-bond acceptors (Lipinski definition) is 1. The van der Waals surface area contributed by atoms with E-state index in [0.717, 1.165) is 4.90 Å². The van der Waals surface area contributed by atoms with Crippen molar-refractivity contribution in [3.05, 3.63) is 30.1 Å². The van der Waals surface area contributed by atoms with Crippen LogP contribution < -0.4 is 0 Å². The van der Waals surface area contributed by atoms with E-state index >= 15 is 0 Å². The Bertz CT molecular complexity index is 253. The quantitative estimate of drug-likeness (QED) is 0.510. The van der Waals surface area contributed by atoms with Crippen LogP contribution in [0.15, 0.2) is 29.2 Å². The Morgan fingerprint density at radius 1 is 1.27 bits per heavy atom. The zero-order chi connectivity index (χ0) is 8.48. The summed E-state index contributed by atoms with van der Waals surface area (Å²) in [6.45, 7) is 0. The molecule has 0 radical (unpaired) electrons. The molecular formula is C8H11FS2. The van der Waals surface area contributed by atoms with E-state index in [9.17, 15) is 4.39 Å². The Morgan fingerprint density at radius 3 is 2.18 bits per heavy atom. The molecule has 0 aromatic heterocycles. The molecule has 0 fully saturated rings. The smallest absolute Gasteiger partial charge is 0.135 e. The predicted molar refractivity (Wildman–Crippen MR) is 53.1 cm³/mol. The lowest BCUT2D eigenvalue weighted by molar-refractivity contribution is 0.601. The van der Waals surface area contributed by atoms with Gasteiger partial charge in [-0.25, -0.2) is 4.39 Å². The Balaban J connectivity index is 3.14. The van der Waals surface area contributed by atoms with Gasteiger partial charge in [0.1, 0.15) is 5.82 Å². The normalized spacial score (nSPS) is 13.1. The summed E-state index contributed by atoms with van der Waals surface area (Å²) < 4.78 is 13.1. The fraction of sp³-hybridized carbons (Fsp3) is 0.250.